The van der Waals surface area contributed by atoms with Crippen LogP contribution >= 0.6 is 11.8 Å². The van der Waals surface area contributed by atoms with Gasteiger partial charge in [0.2, 0.25) is 5.91 Å². The molecule has 3 rings (SSSR count). The van der Waals surface area contributed by atoms with E-state index in [9.17, 15) is 19.7 Å². The smallest absolute Gasteiger partial charge is 0.273 e. The molecule has 0 aromatic heterocycles. The molecule has 0 N–H and O–H groups in total. The Hall–Kier alpha value is -2.09. The summed E-state index contributed by atoms with van der Waals surface area (Å²) in [5.74, 6) is 1.28. The molecular formula is C20H27N3O4S. The van der Waals surface area contributed by atoms with Gasteiger partial charge in [-0.25, -0.2) is 0 Å². The van der Waals surface area contributed by atoms with Crippen LogP contribution in [0.15, 0.2) is 18.2 Å². The molecule has 0 radical (unpaired) electrons. The standard InChI is InChI=1S/C20H27N3O4S/c1-14(2)12-18(24)22-10-11-28-20(22)6-8-21(9-7-20)19(25)16-5-4-15(3)17(13-16)23(26)27/h4-5,13-14H,6-12H2,1-3H3. The average molecular weight is 406 g/mol. The van der Waals surface area contributed by atoms with Crippen molar-refractivity contribution in [2.24, 2.45) is 5.92 Å². The fourth-order valence-corrected chi connectivity index (χ4v) is 5.49. The third kappa shape index (κ3) is 4.01. The first-order valence-electron chi connectivity index (χ1n) is 9.72. The van der Waals surface area contributed by atoms with Gasteiger partial charge in [0.1, 0.15) is 0 Å². The molecule has 2 aliphatic heterocycles. The lowest BCUT2D eigenvalue weighted by atomic mass is 9.99. The van der Waals surface area contributed by atoms with Crippen LogP contribution in [0, 0.1) is 23.0 Å². The van der Waals surface area contributed by atoms with E-state index in [4.69, 9.17) is 0 Å². The van der Waals surface area contributed by atoms with Gasteiger partial charge in [-0.3, -0.25) is 19.7 Å². The molecule has 1 spiro atoms. The van der Waals surface area contributed by atoms with E-state index >= 15 is 0 Å². The normalized spacial score (nSPS) is 18.7. The van der Waals surface area contributed by atoms with Crippen LogP contribution in [0.2, 0.25) is 0 Å². The van der Waals surface area contributed by atoms with Crippen LogP contribution in [-0.4, -0.2) is 56.8 Å². The number of likely N-dealkylation sites (tertiary alicyclic amines) is 1. The number of carbonyl (C=O) groups excluding carboxylic acids is 2. The van der Waals surface area contributed by atoms with Crippen molar-refractivity contribution < 1.29 is 14.5 Å². The summed E-state index contributed by atoms with van der Waals surface area (Å²) in [7, 11) is 0. The molecule has 2 heterocycles. The number of hydrogen-bond acceptors (Lipinski definition) is 5. The molecule has 2 aliphatic rings. The summed E-state index contributed by atoms with van der Waals surface area (Å²) in [5.41, 5.74) is 0.858. The molecule has 2 saturated heterocycles. The molecular weight excluding hydrogens is 378 g/mol. The van der Waals surface area contributed by atoms with Crippen LogP contribution in [0.25, 0.3) is 0 Å². The summed E-state index contributed by atoms with van der Waals surface area (Å²) in [6.07, 6.45) is 2.03. The Morgan fingerprint density at radius 1 is 1.25 bits per heavy atom. The maximum atomic E-state index is 12.9. The molecule has 28 heavy (non-hydrogen) atoms. The number of benzene rings is 1. The van der Waals surface area contributed by atoms with Crippen molar-refractivity contribution >= 4 is 29.3 Å². The van der Waals surface area contributed by atoms with Crippen molar-refractivity contribution in [3.05, 3.63) is 39.4 Å². The largest absolute Gasteiger partial charge is 0.338 e. The molecule has 0 saturated carbocycles. The van der Waals surface area contributed by atoms with Gasteiger partial charge in [-0.15, -0.1) is 11.8 Å². The molecule has 1 aromatic rings. The maximum absolute atomic E-state index is 12.9. The summed E-state index contributed by atoms with van der Waals surface area (Å²) in [6, 6.07) is 4.64. The highest BCUT2D eigenvalue weighted by atomic mass is 32.2. The molecule has 0 bridgehead atoms. The van der Waals surface area contributed by atoms with Crippen LogP contribution < -0.4 is 0 Å². The first-order chi connectivity index (χ1) is 13.2. The van der Waals surface area contributed by atoms with E-state index in [0.717, 1.165) is 25.1 Å². The Morgan fingerprint density at radius 2 is 1.93 bits per heavy atom. The minimum Gasteiger partial charge on any atom is -0.338 e. The van der Waals surface area contributed by atoms with E-state index < -0.39 is 4.92 Å². The number of rotatable bonds is 4. The van der Waals surface area contributed by atoms with Gasteiger partial charge in [-0.1, -0.05) is 19.9 Å². The number of nitro benzene ring substituents is 1. The Morgan fingerprint density at radius 3 is 2.54 bits per heavy atom. The topological polar surface area (TPSA) is 83.8 Å². The Bertz CT molecular complexity index is 788. The number of carbonyl (C=O) groups is 2. The second-order valence-electron chi connectivity index (χ2n) is 7.99. The molecule has 1 aromatic carbocycles. The predicted octanol–water partition coefficient (Wildman–Crippen LogP) is 3.46. The van der Waals surface area contributed by atoms with Crippen LogP contribution in [-0.2, 0) is 4.79 Å². The maximum Gasteiger partial charge on any atom is 0.273 e. The van der Waals surface area contributed by atoms with Gasteiger partial charge >= 0.3 is 0 Å². The molecule has 2 fully saturated rings. The van der Waals surface area contributed by atoms with Crippen molar-refractivity contribution in [1.82, 2.24) is 9.80 Å². The van der Waals surface area contributed by atoms with E-state index in [1.54, 1.807) is 24.0 Å². The molecule has 0 aliphatic carbocycles. The van der Waals surface area contributed by atoms with Crippen molar-refractivity contribution in [2.45, 2.75) is 44.9 Å². The third-order valence-electron chi connectivity index (χ3n) is 5.55. The second-order valence-corrected chi connectivity index (χ2v) is 9.45. The number of nitrogens with zero attached hydrogens (tertiary/aromatic N) is 3. The van der Waals surface area contributed by atoms with E-state index in [0.29, 0.717) is 36.6 Å². The van der Waals surface area contributed by atoms with Crippen LogP contribution in [0.1, 0.15) is 49.0 Å². The first-order valence-corrected chi connectivity index (χ1v) is 10.7. The van der Waals surface area contributed by atoms with Crippen LogP contribution in [0.5, 0.6) is 0 Å². The highest BCUT2D eigenvalue weighted by Gasteiger charge is 2.46. The van der Waals surface area contributed by atoms with Gasteiger partial charge in [-0.2, -0.15) is 0 Å². The van der Waals surface area contributed by atoms with E-state index in [2.05, 4.69) is 13.8 Å². The average Bonchev–Trinajstić information content (AvgIpc) is 3.04. The highest BCUT2D eigenvalue weighted by Crippen LogP contribution is 2.44. The Kier molecular flexibility index (Phi) is 5.98. The van der Waals surface area contributed by atoms with Crippen molar-refractivity contribution in [3.8, 4) is 0 Å². The molecule has 0 atom stereocenters. The molecule has 0 unspecified atom stereocenters. The van der Waals surface area contributed by atoms with Gasteiger partial charge < -0.3 is 9.80 Å². The monoisotopic (exact) mass is 405 g/mol. The number of piperidine rings is 1. The van der Waals surface area contributed by atoms with Gasteiger partial charge in [0, 0.05) is 49.0 Å². The summed E-state index contributed by atoms with van der Waals surface area (Å²) >= 11 is 1.82. The quantitative estimate of drug-likeness (QED) is 0.566. The highest BCUT2D eigenvalue weighted by molar-refractivity contribution is 8.00. The molecule has 8 heteroatoms. The van der Waals surface area contributed by atoms with Crippen molar-refractivity contribution in [1.29, 1.82) is 0 Å². The number of hydrogen-bond donors (Lipinski definition) is 0. The van der Waals surface area contributed by atoms with Gasteiger partial charge in [-0.05, 0) is 31.7 Å². The van der Waals surface area contributed by atoms with Crippen molar-refractivity contribution in [3.63, 3.8) is 0 Å². The van der Waals surface area contributed by atoms with E-state index in [1.165, 1.54) is 6.07 Å². The summed E-state index contributed by atoms with van der Waals surface area (Å²) in [4.78, 5) is 39.8. The van der Waals surface area contributed by atoms with Gasteiger partial charge in [0.25, 0.3) is 11.6 Å². The lowest BCUT2D eigenvalue weighted by Crippen LogP contribution is -2.53. The minimum atomic E-state index is -0.454. The SMILES string of the molecule is Cc1ccc(C(=O)N2CCC3(CC2)SCCN3C(=O)CC(C)C)cc1[N+](=O)[O-]. The number of amides is 2. The fraction of sp³-hybridized carbons (Fsp3) is 0.600. The van der Waals surface area contributed by atoms with E-state index in [1.807, 2.05) is 16.7 Å². The minimum absolute atomic E-state index is 0.0314. The fourth-order valence-electron chi connectivity index (χ4n) is 4.02. The molecule has 2 amide bonds. The number of aryl methyl sites for hydroxylation is 1. The van der Waals surface area contributed by atoms with Gasteiger partial charge in [0.15, 0.2) is 0 Å². The van der Waals surface area contributed by atoms with E-state index in [-0.39, 0.29) is 22.4 Å². The Labute approximate surface area is 169 Å². The second kappa shape index (κ2) is 8.11. The summed E-state index contributed by atoms with van der Waals surface area (Å²) in [5, 5.41) is 11.2. The van der Waals surface area contributed by atoms with Gasteiger partial charge in [0.05, 0.1) is 9.79 Å². The molecule has 7 nitrogen and oxygen atoms in total. The lowest BCUT2D eigenvalue weighted by molar-refractivity contribution is -0.385. The van der Waals surface area contributed by atoms with Crippen LogP contribution in [0.3, 0.4) is 0 Å². The van der Waals surface area contributed by atoms with Crippen LogP contribution in [0.4, 0.5) is 5.69 Å². The zero-order valence-electron chi connectivity index (χ0n) is 16.6. The summed E-state index contributed by atoms with van der Waals surface area (Å²) in [6.45, 7) is 7.65. The lowest BCUT2D eigenvalue weighted by Gasteiger charge is -2.44. The number of nitro groups is 1. The number of thioether (sulfide) groups is 1. The van der Waals surface area contributed by atoms with Crippen molar-refractivity contribution in [2.75, 3.05) is 25.4 Å². The third-order valence-corrected chi connectivity index (χ3v) is 7.10. The first kappa shape index (κ1) is 20.6. The Balaban J connectivity index is 1.69. The zero-order valence-corrected chi connectivity index (χ0v) is 17.5. The summed E-state index contributed by atoms with van der Waals surface area (Å²) < 4.78 is 0. The predicted molar refractivity (Wildman–Crippen MR) is 109 cm³/mol. The zero-order chi connectivity index (χ0) is 20.5. The molecule has 152 valence electrons.